The molecule has 9 heteroatoms. The lowest BCUT2D eigenvalue weighted by molar-refractivity contribution is -0.145. The molecule has 1 aromatic rings. The van der Waals surface area contributed by atoms with Gasteiger partial charge in [0.15, 0.2) is 0 Å². The largest absolute Gasteiger partial charge is 0.349 e. The van der Waals surface area contributed by atoms with Gasteiger partial charge in [0.05, 0.1) is 10.9 Å². The summed E-state index contributed by atoms with van der Waals surface area (Å²) in [4.78, 5) is 54.9. The topological polar surface area (TPSA) is 98.8 Å². The van der Waals surface area contributed by atoms with Gasteiger partial charge >= 0.3 is 0 Å². The van der Waals surface area contributed by atoms with Crippen molar-refractivity contribution in [1.29, 1.82) is 0 Å². The fraction of sp³-hybridized carbons (Fsp3) is 0.579. The van der Waals surface area contributed by atoms with Crippen LogP contribution in [-0.4, -0.2) is 70.7 Å². The molecule has 8 nitrogen and oxygen atoms in total. The lowest BCUT2D eigenvalue weighted by atomic mass is 10.1. The minimum absolute atomic E-state index is 0.0373. The number of likely N-dealkylation sites (tertiary alicyclic amines) is 1. The Morgan fingerprint density at radius 1 is 1.21 bits per heavy atom. The van der Waals surface area contributed by atoms with E-state index in [-0.39, 0.29) is 41.6 Å². The maximum atomic E-state index is 13.3. The number of carbonyl (C=O) groups is 4. The molecule has 4 fully saturated rings. The Morgan fingerprint density at radius 3 is 2.75 bits per heavy atom. The minimum atomic E-state index is -0.617. The zero-order valence-electron chi connectivity index (χ0n) is 15.3. The monoisotopic (exact) mass is 402 g/mol. The van der Waals surface area contributed by atoms with Crippen LogP contribution in [0, 0.1) is 5.92 Å². The van der Waals surface area contributed by atoms with Crippen molar-refractivity contribution < 1.29 is 19.2 Å². The predicted molar refractivity (Wildman–Crippen MR) is 100 cm³/mol. The Bertz CT molecular complexity index is 837. The molecule has 4 aliphatic rings. The smallest absolute Gasteiger partial charge is 0.261 e. The van der Waals surface area contributed by atoms with Crippen LogP contribution in [0.2, 0.25) is 0 Å². The summed E-state index contributed by atoms with van der Waals surface area (Å²) in [5.74, 6) is -0.468. The lowest BCUT2D eigenvalue weighted by Gasteiger charge is -2.29. The molecule has 1 aromatic heterocycles. The molecule has 3 aliphatic heterocycles. The van der Waals surface area contributed by atoms with Gasteiger partial charge in [-0.25, -0.2) is 0 Å². The molecule has 4 amide bonds. The van der Waals surface area contributed by atoms with Gasteiger partial charge in [-0.15, -0.1) is 11.3 Å². The molecular formula is C19H22N4O4S. The van der Waals surface area contributed by atoms with E-state index in [1.165, 1.54) is 11.3 Å². The number of hydrogen-bond acceptors (Lipinski definition) is 5. The number of carbonyl (C=O) groups excluding carboxylic acids is 4. The Hall–Kier alpha value is -2.42. The summed E-state index contributed by atoms with van der Waals surface area (Å²) < 4.78 is 0. The highest BCUT2D eigenvalue weighted by Gasteiger charge is 2.53. The van der Waals surface area contributed by atoms with Gasteiger partial charge in [0.2, 0.25) is 17.7 Å². The van der Waals surface area contributed by atoms with E-state index in [1.807, 2.05) is 11.4 Å². The Kier molecular flexibility index (Phi) is 4.15. The maximum absolute atomic E-state index is 13.3. The molecule has 1 aliphatic carbocycles. The average molecular weight is 402 g/mol. The van der Waals surface area contributed by atoms with Crippen LogP contribution in [0.5, 0.6) is 0 Å². The molecule has 5 rings (SSSR count). The molecular weight excluding hydrogens is 380 g/mol. The number of nitrogens with zero attached hydrogens (tertiary/aromatic N) is 2. The first kappa shape index (κ1) is 17.7. The first-order chi connectivity index (χ1) is 13.5. The van der Waals surface area contributed by atoms with Crippen LogP contribution in [0.4, 0.5) is 0 Å². The second-order valence-corrected chi connectivity index (χ2v) is 8.99. The first-order valence-electron chi connectivity index (χ1n) is 9.78. The van der Waals surface area contributed by atoms with E-state index >= 15 is 0 Å². The molecule has 0 bridgehead atoms. The molecule has 2 N–H and O–H groups in total. The molecule has 4 heterocycles. The van der Waals surface area contributed by atoms with Gasteiger partial charge in [-0.1, -0.05) is 6.07 Å². The average Bonchev–Trinajstić information content (AvgIpc) is 3.10. The van der Waals surface area contributed by atoms with E-state index < -0.39 is 12.1 Å². The zero-order valence-corrected chi connectivity index (χ0v) is 16.1. The summed E-state index contributed by atoms with van der Waals surface area (Å²) in [5.41, 5.74) is 0. The lowest BCUT2D eigenvalue weighted by Crippen LogP contribution is -2.53. The number of nitrogens with one attached hydrogen (secondary N) is 2. The van der Waals surface area contributed by atoms with Crippen LogP contribution in [0.3, 0.4) is 0 Å². The van der Waals surface area contributed by atoms with Gasteiger partial charge in [-0.3, -0.25) is 19.2 Å². The second-order valence-electron chi connectivity index (χ2n) is 8.04. The fourth-order valence-electron chi connectivity index (χ4n) is 4.61. The Morgan fingerprint density at radius 2 is 2.04 bits per heavy atom. The molecule has 0 aromatic carbocycles. The Balaban J connectivity index is 1.34. The minimum Gasteiger partial charge on any atom is -0.349 e. The summed E-state index contributed by atoms with van der Waals surface area (Å²) in [5, 5.41) is 7.75. The number of hydrogen-bond donors (Lipinski definition) is 2. The standard InChI is InChI=1S/C19H22N4O4S/c24-16-13-8-11(20-17(25)14-2-1-7-28-14)9-23(13)19(27)15-12(21-16)5-6-22(15)18(26)10-3-4-10/h1-2,7,10-13,15H,3-6,8-9H2,(H,20,25)(H,21,24). The van der Waals surface area contributed by atoms with Gasteiger partial charge in [-0.05, 0) is 37.1 Å². The fourth-order valence-corrected chi connectivity index (χ4v) is 5.23. The molecule has 0 spiro atoms. The van der Waals surface area contributed by atoms with E-state index in [2.05, 4.69) is 10.6 Å². The molecule has 4 atom stereocenters. The van der Waals surface area contributed by atoms with E-state index in [0.29, 0.717) is 30.8 Å². The molecule has 148 valence electrons. The second kappa shape index (κ2) is 6.58. The van der Waals surface area contributed by atoms with Gasteiger partial charge in [-0.2, -0.15) is 0 Å². The van der Waals surface area contributed by atoms with Crippen molar-refractivity contribution in [3.8, 4) is 0 Å². The van der Waals surface area contributed by atoms with Crippen LogP contribution in [0.1, 0.15) is 35.4 Å². The third-order valence-electron chi connectivity index (χ3n) is 6.16. The SMILES string of the molecule is O=C(NC1CC2C(=O)NC3CCN(C(=O)C4CC4)C3C(=O)N2C1)c1cccs1. The van der Waals surface area contributed by atoms with Crippen LogP contribution >= 0.6 is 11.3 Å². The molecule has 1 saturated carbocycles. The molecule has 3 saturated heterocycles. The van der Waals surface area contributed by atoms with Crippen molar-refractivity contribution in [2.45, 2.75) is 49.9 Å². The van der Waals surface area contributed by atoms with Gasteiger partial charge in [0, 0.05) is 25.0 Å². The Labute approximate surface area is 166 Å². The highest BCUT2D eigenvalue weighted by Crippen LogP contribution is 2.35. The normalized spacial score (nSPS) is 31.9. The van der Waals surface area contributed by atoms with Gasteiger partial charge < -0.3 is 20.4 Å². The van der Waals surface area contributed by atoms with Crippen molar-refractivity contribution >= 4 is 35.0 Å². The first-order valence-corrected chi connectivity index (χ1v) is 10.7. The summed E-state index contributed by atoms with van der Waals surface area (Å²) in [7, 11) is 0. The summed E-state index contributed by atoms with van der Waals surface area (Å²) in [6.07, 6.45) is 2.78. The number of thiophene rings is 1. The molecule has 0 radical (unpaired) electrons. The van der Waals surface area contributed by atoms with Crippen molar-refractivity contribution in [2.24, 2.45) is 5.92 Å². The maximum Gasteiger partial charge on any atom is 0.261 e. The van der Waals surface area contributed by atoms with E-state index in [0.717, 1.165) is 12.8 Å². The van der Waals surface area contributed by atoms with Gasteiger partial charge in [0.1, 0.15) is 12.1 Å². The number of amides is 4. The zero-order chi connectivity index (χ0) is 19.4. The molecule has 28 heavy (non-hydrogen) atoms. The quantitative estimate of drug-likeness (QED) is 0.741. The number of fused-ring (bicyclic) bond motifs is 2. The van der Waals surface area contributed by atoms with Crippen LogP contribution in [0.25, 0.3) is 0 Å². The van der Waals surface area contributed by atoms with Gasteiger partial charge in [0.25, 0.3) is 5.91 Å². The highest BCUT2D eigenvalue weighted by atomic mass is 32.1. The van der Waals surface area contributed by atoms with E-state index in [9.17, 15) is 19.2 Å². The summed E-state index contributed by atoms with van der Waals surface area (Å²) in [6, 6.07) is 1.76. The van der Waals surface area contributed by atoms with Crippen LogP contribution in [-0.2, 0) is 14.4 Å². The van der Waals surface area contributed by atoms with Crippen LogP contribution in [0.15, 0.2) is 17.5 Å². The van der Waals surface area contributed by atoms with Crippen molar-refractivity contribution in [1.82, 2.24) is 20.4 Å². The van der Waals surface area contributed by atoms with Crippen molar-refractivity contribution in [3.63, 3.8) is 0 Å². The summed E-state index contributed by atoms with van der Waals surface area (Å²) in [6.45, 7) is 0.802. The highest BCUT2D eigenvalue weighted by molar-refractivity contribution is 7.12. The molecule has 4 unspecified atom stereocenters. The number of rotatable bonds is 3. The third-order valence-corrected chi connectivity index (χ3v) is 7.02. The summed E-state index contributed by atoms with van der Waals surface area (Å²) >= 11 is 1.35. The van der Waals surface area contributed by atoms with Crippen molar-refractivity contribution in [3.05, 3.63) is 22.4 Å². The van der Waals surface area contributed by atoms with E-state index in [4.69, 9.17) is 0 Å². The van der Waals surface area contributed by atoms with E-state index in [1.54, 1.807) is 15.9 Å². The van der Waals surface area contributed by atoms with Crippen molar-refractivity contribution in [2.75, 3.05) is 13.1 Å². The third kappa shape index (κ3) is 2.88. The van der Waals surface area contributed by atoms with Crippen LogP contribution < -0.4 is 10.6 Å². The predicted octanol–water partition coefficient (Wildman–Crippen LogP) is -0.0433.